The number of carbonyl (C=O) groups is 1. The van der Waals surface area contributed by atoms with E-state index in [0.717, 1.165) is 19.5 Å². The van der Waals surface area contributed by atoms with Crippen molar-refractivity contribution in [2.24, 2.45) is 0 Å². The van der Waals surface area contributed by atoms with Crippen LogP contribution in [0.3, 0.4) is 0 Å². The zero-order valence-electron chi connectivity index (χ0n) is 10.2. The van der Waals surface area contributed by atoms with Crippen molar-refractivity contribution in [2.75, 3.05) is 20.1 Å². The summed E-state index contributed by atoms with van der Waals surface area (Å²) in [6, 6.07) is 0. The minimum absolute atomic E-state index is 0.126. The van der Waals surface area contributed by atoms with Crippen molar-refractivity contribution in [3.05, 3.63) is 12.4 Å². The molecule has 1 unspecified atom stereocenters. The van der Waals surface area contributed by atoms with Gasteiger partial charge in [0, 0.05) is 39.0 Å². The normalized spacial score (nSPS) is 25.0. The van der Waals surface area contributed by atoms with Gasteiger partial charge >= 0.3 is 0 Å². The van der Waals surface area contributed by atoms with E-state index in [-0.39, 0.29) is 6.29 Å². The van der Waals surface area contributed by atoms with Crippen LogP contribution in [0.4, 0.5) is 0 Å². The number of likely N-dealkylation sites (tertiary alicyclic amines) is 1. The molecule has 0 bridgehead atoms. The lowest BCUT2D eigenvalue weighted by Gasteiger charge is -2.37. The average Bonchev–Trinajstić information content (AvgIpc) is 2.82. The zero-order valence-corrected chi connectivity index (χ0v) is 10.2. The van der Waals surface area contributed by atoms with Crippen molar-refractivity contribution in [3.8, 4) is 0 Å². The standard InChI is InChI=1S/C12H21N3O/c1-3-4-7-14-10-9-13(2)12(14)15-8-5-6-11(15)16/h9-10,12H,3-8H2,1-2H3. The molecule has 0 radical (unpaired) electrons. The monoisotopic (exact) mass is 223 g/mol. The second kappa shape index (κ2) is 4.76. The summed E-state index contributed by atoms with van der Waals surface area (Å²) >= 11 is 0. The van der Waals surface area contributed by atoms with Gasteiger partial charge in [-0.3, -0.25) is 4.79 Å². The molecule has 4 nitrogen and oxygen atoms in total. The fourth-order valence-electron chi connectivity index (χ4n) is 2.42. The predicted octanol–water partition coefficient (Wildman–Crippen LogP) is 1.41. The number of unbranched alkanes of at least 4 members (excludes halogenated alkanes) is 1. The van der Waals surface area contributed by atoms with Crippen molar-refractivity contribution >= 4 is 5.91 Å². The SMILES string of the molecule is CCCCN1C=CN(C)C1N1CCCC1=O. The second-order valence-electron chi connectivity index (χ2n) is 4.59. The van der Waals surface area contributed by atoms with Crippen LogP contribution in [0.25, 0.3) is 0 Å². The Morgan fingerprint density at radius 2 is 2.25 bits per heavy atom. The summed E-state index contributed by atoms with van der Waals surface area (Å²) in [5.41, 5.74) is 0. The largest absolute Gasteiger partial charge is 0.342 e. The predicted molar refractivity (Wildman–Crippen MR) is 63.3 cm³/mol. The zero-order chi connectivity index (χ0) is 11.5. The lowest BCUT2D eigenvalue weighted by Crippen LogP contribution is -2.51. The highest BCUT2D eigenvalue weighted by molar-refractivity contribution is 5.78. The van der Waals surface area contributed by atoms with E-state index in [1.54, 1.807) is 0 Å². The molecule has 16 heavy (non-hydrogen) atoms. The van der Waals surface area contributed by atoms with E-state index in [9.17, 15) is 4.79 Å². The maximum absolute atomic E-state index is 11.8. The minimum Gasteiger partial charge on any atom is -0.342 e. The Balaban J connectivity index is 2.02. The maximum atomic E-state index is 11.8. The molecular formula is C12H21N3O. The van der Waals surface area contributed by atoms with Crippen LogP contribution in [0.1, 0.15) is 32.6 Å². The van der Waals surface area contributed by atoms with Crippen LogP contribution in [0.2, 0.25) is 0 Å². The lowest BCUT2D eigenvalue weighted by molar-refractivity contribution is -0.136. The van der Waals surface area contributed by atoms with E-state index in [4.69, 9.17) is 0 Å². The Morgan fingerprint density at radius 1 is 1.44 bits per heavy atom. The molecule has 1 saturated heterocycles. The molecule has 90 valence electrons. The smallest absolute Gasteiger partial charge is 0.225 e. The summed E-state index contributed by atoms with van der Waals surface area (Å²) in [6.45, 7) is 4.13. The number of carbonyl (C=O) groups excluding carboxylic acids is 1. The van der Waals surface area contributed by atoms with E-state index >= 15 is 0 Å². The van der Waals surface area contributed by atoms with Crippen molar-refractivity contribution in [1.29, 1.82) is 0 Å². The Morgan fingerprint density at radius 3 is 2.88 bits per heavy atom. The van der Waals surface area contributed by atoms with E-state index in [1.165, 1.54) is 12.8 Å². The summed E-state index contributed by atoms with van der Waals surface area (Å²) in [7, 11) is 2.04. The molecular weight excluding hydrogens is 202 g/mol. The van der Waals surface area contributed by atoms with Crippen LogP contribution < -0.4 is 0 Å². The highest BCUT2D eigenvalue weighted by Crippen LogP contribution is 2.23. The molecule has 2 heterocycles. The van der Waals surface area contributed by atoms with Gasteiger partial charge in [-0.25, -0.2) is 0 Å². The van der Waals surface area contributed by atoms with Gasteiger partial charge in [0.25, 0.3) is 0 Å². The lowest BCUT2D eigenvalue weighted by atomic mass is 10.3. The van der Waals surface area contributed by atoms with Crippen LogP contribution in [0, 0.1) is 0 Å². The third-order valence-electron chi connectivity index (χ3n) is 3.31. The first kappa shape index (κ1) is 11.3. The van der Waals surface area contributed by atoms with Gasteiger partial charge in [0.05, 0.1) is 0 Å². The molecule has 0 aromatic rings. The van der Waals surface area contributed by atoms with E-state index in [0.29, 0.717) is 12.3 Å². The summed E-state index contributed by atoms with van der Waals surface area (Å²) in [4.78, 5) is 18.2. The molecule has 0 spiro atoms. The Bertz CT molecular complexity index is 290. The minimum atomic E-state index is 0.126. The van der Waals surface area contributed by atoms with Crippen LogP contribution in [-0.4, -0.2) is 47.0 Å². The first-order valence-corrected chi connectivity index (χ1v) is 6.19. The molecule has 0 saturated carbocycles. The average molecular weight is 223 g/mol. The molecule has 0 aromatic heterocycles. The Labute approximate surface area is 97.5 Å². The van der Waals surface area contributed by atoms with Gasteiger partial charge < -0.3 is 14.7 Å². The highest BCUT2D eigenvalue weighted by Gasteiger charge is 2.34. The summed E-state index contributed by atoms with van der Waals surface area (Å²) < 4.78 is 0. The van der Waals surface area contributed by atoms with Gasteiger partial charge in [-0.2, -0.15) is 0 Å². The van der Waals surface area contributed by atoms with Crippen LogP contribution in [-0.2, 0) is 4.79 Å². The fraction of sp³-hybridized carbons (Fsp3) is 0.750. The highest BCUT2D eigenvalue weighted by atomic mass is 16.2. The number of rotatable bonds is 4. The summed E-state index contributed by atoms with van der Waals surface area (Å²) in [5, 5.41) is 0. The Hall–Kier alpha value is -1.19. The Kier molecular flexibility index (Phi) is 3.36. The van der Waals surface area contributed by atoms with Gasteiger partial charge in [-0.05, 0) is 12.8 Å². The molecule has 1 atom stereocenters. The molecule has 0 aliphatic carbocycles. The second-order valence-corrected chi connectivity index (χ2v) is 4.59. The summed E-state index contributed by atoms with van der Waals surface area (Å²) in [5.74, 6) is 0.294. The number of nitrogens with zero attached hydrogens (tertiary/aromatic N) is 3. The van der Waals surface area contributed by atoms with Crippen molar-refractivity contribution < 1.29 is 4.79 Å². The van der Waals surface area contributed by atoms with Crippen LogP contribution >= 0.6 is 0 Å². The van der Waals surface area contributed by atoms with Gasteiger partial charge in [0.1, 0.15) is 0 Å². The number of amides is 1. The molecule has 2 aliphatic rings. The number of hydrogen-bond acceptors (Lipinski definition) is 3. The third-order valence-corrected chi connectivity index (χ3v) is 3.31. The topological polar surface area (TPSA) is 26.8 Å². The molecule has 2 rings (SSSR count). The van der Waals surface area contributed by atoms with Gasteiger partial charge in [-0.15, -0.1) is 0 Å². The van der Waals surface area contributed by atoms with Crippen molar-refractivity contribution in [1.82, 2.24) is 14.7 Å². The molecule has 0 N–H and O–H groups in total. The van der Waals surface area contributed by atoms with Crippen molar-refractivity contribution in [3.63, 3.8) is 0 Å². The first-order chi connectivity index (χ1) is 7.74. The van der Waals surface area contributed by atoms with Gasteiger partial charge in [0.2, 0.25) is 5.91 Å². The van der Waals surface area contributed by atoms with E-state index in [1.807, 2.05) is 11.9 Å². The number of hydrogen-bond donors (Lipinski definition) is 0. The van der Waals surface area contributed by atoms with Gasteiger partial charge in [0.15, 0.2) is 6.29 Å². The molecule has 2 aliphatic heterocycles. The molecule has 1 amide bonds. The van der Waals surface area contributed by atoms with E-state index < -0.39 is 0 Å². The van der Waals surface area contributed by atoms with Gasteiger partial charge in [-0.1, -0.05) is 13.3 Å². The fourth-order valence-corrected chi connectivity index (χ4v) is 2.42. The van der Waals surface area contributed by atoms with E-state index in [2.05, 4.69) is 29.1 Å². The quantitative estimate of drug-likeness (QED) is 0.721. The third kappa shape index (κ3) is 2.01. The molecule has 1 fully saturated rings. The maximum Gasteiger partial charge on any atom is 0.225 e. The first-order valence-electron chi connectivity index (χ1n) is 6.19. The molecule has 0 aromatic carbocycles. The van der Waals surface area contributed by atoms with Crippen LogP contribution in [0.15, 0.2) is 12.4 Å². The summed E-state index contributed by atoms with van der Waals surface area (Å²) in [6.07, 6.45) is 8.38. The van der Waals surface area contributed by atoms with Crippen molar-refractivity contribution in [2.45, 2.75) is 38.9 Å². The van der Waals surface area contributed by atoms with Crippen LogP contribution in [0.5, 0.6) is 0 Å². The molecule has 4 heteroatoms.